The molecule has 4 nitrogen and oxygen atoms in total. The normalized spacial score (nSPS) is 10.1. The summed E-state index contributed by atoms with van der Waals surface area (Å²) in [6.45, 7) is 4.26. The second-order valence-corrected chi connectivity index (χ2v) is 4.51. The molecule has 0 aromatic heterocycles. The lowest BCUT2D eigenvalue weighted by Crippen LogP contribution is -2.32. The van der Waals surface area contributed by atoms with E-state index >= 15 is 0 Å². The van der Waals surface area contributed by atoms with E-state index in [1.807, 2.05) is 0 Å². The Kier molecular flexibility index (Phi) is 6.06. The van der Waals surface area contributed by atoms with Gasteiger partial charge in [0.05, 0.1) is 5.56 Å². The van der Waals surface area contributed by atoms with Gasteiger partial charge in [0.25, 0.3) is 5.91 Å². The van der Waals surface area contributed by atoms with Crippen LogP contribution >= 0.6 is 0 Å². The molecule has 0 N–H and O–H groups in total. The minimum absolute atomic E-state index is 0.0372. The van der Waals surface area contributed by atoms with E-state index in [2.05, 4.69) is 6.92 Å². The fraction of sp³-hybridized carbons (Fsp3) is 0.467. The van der Waals surface area contributed by atoms with Crippen LogP contribution in [0.15, 0.2) is 24.3 Å². The van der Waals surface area contributed by atoms with Gasteiger partial charge in [0.15, 0.2) is 12.4 Å². The Labute approximate surface area is 114 Å². The Balaban J connectivity index is 2.57. The molecule has 1 rings (SSSR count). The van der Waals surface area contributed by atoms with Crippen LogP contribution in [0.3, 0.4) is 0 Å². The summed E-state index contributed by atoms with van der Waals surface area (Å²) >= 11 is 0. The molecule has 0 spiro atoms. The van der Waals surface area contributed by atoms with Crippen LogP contribution in [0.1, 0.15) is 37.0 Å². The van der Waals surface area contributed by atoms with Crippen LogP contribution in [0.5, 0.6) is 5.75 Å². The maximum absolute atomic E-state index is 11.8. The smallest absolute Gasteiger partial charge is 0.260 e. The number of benzene rings is 1. The average molecular weight is 263 g/mol. The van der Waals surface area contributed by atoms with E-state index < -0.39 is 0 Å². The molecule has 0 aliphatic carbocycles. The number of hydrogen-bond donors (Lipinski definition) is 0. The minimum Gasteiger partial charge on any atom is -0.483 e. The van der Waals surface area contributed by atoms with Gasteiger partial charge in [0.1, 0.15) is 5.75 Å². The number of Topliss-reactive ketones (excluding diaryl/α,β-unsaturated/α-hetero) is 1. The number of hydrogen-bond acceptors (Lipinski definition) is 3. The molecule has 4 heteroatoms. The van der Waals surface area contributed by atoms with Gasteiger partial charge in [-0.1, -0.05) is 25.5 Å². The average Bonchev–Trinajstić information content (AvgIpc) is 2.42. The monoisotopic (exact) mass is 263 g/mol. The van der Waals surface area contributed by atoms with Crippen LogP contribution in [0, 0.1) is 0 Å². The van der Waals surface area contributed by atoms with E-state index in [4.69, 9.17) is 4.74 Å². The summed E-state index contributed by atoms with van der Waals surface area (Å²) in [7, 11) is 1.76. The first-order chi connectivity index (χ1) is 9.06. The second-order valence-electron chi connectivity index (χ2n) is 4.51. The van der Waals surface area contributed by atoms with Gasteiger partial charge in [0.2, 0.25) is 0 Å². The molecule has 19 heavy (non-hydrogen) atoms. The Hall–Kier alpha value is -1.84. The number of nitrogens with zero attached hydrogens (tertiary/aromatic N) is 1. The van der Waals surface area contributed by atoms with Crippen LogP contribution in [-0.2, 0) is 4.79 Å². The van der Waals surface area contributed by atoms with Crippen molar-refractivity contribution < 1.29 is 14.3 Å². The molecule has 1 aromatic carbocycles. The summed E-state index contributed by atoms with van der Waals surface area (Å²) < 4.78 is 5.45. The van der Waals surface area contributed by atoms with Crippen molar-refractivity contribution in [2.75, 3.05) is 20.2 Å². The fourth-order valence-corrected chi connectivity index (χ4v) is 1.65. The largest absolute Gasteiger partial charge is 0.483 e. The number of rotatable bonds is 7. The van der Waals surface area contributed by atoms with E-state index in [1.54, 1.807) is 36.2 Å². The van der Waals surface area contributed by atoms with Crippen molar-refractivity contribution in [1.29, 1.82) is 0 Å². The molecule has 0 aliphatic heterocycles. The number of ketones is 1. The molecular weight excluding hydrogens is 242 g/mol. The zero-order valence-electron chi connectivity index (χ0n) is 11.8. The molecule has 0 radical (unpaired) electrons. The number of unbranched alkanes of at least 4 members (excludes halogenated alkanes) is 1. The second kappa shape index (κ2) is 7.56. The summed E-state index contributed by atoms with van der Waals surface area (Å²) in [5.74, 6) is 0.321. The van der Waals surface area contributed by atoms with Crippen LogP contribution in [0.25, 0.3) is 0 Å². The van der Waals surface area contributed by atoms with Gasteiger partial charge in [-0.05, 0) is 25.5 Å². The fourth-order valence-electron chi connectivity index (χ4n) is 1.65. The highest BCUT2D eigenvalue weighted by atomic mass is 16.5. The van der Waals surface area contributed by atoms with Crippen molar-refractivity contribution >= 4 is 11.7 Å². The molecule has 0 unspecified atom stereocenters. The Morgan fingerprint density at radius 2 is 1.95 bits per heavy atom. The Morgan fingerprint density at radius 3 is 2.58 bits per heavy atom. The summed E-state index contributed by atoms with van der Waals surface area (Å²) in [5.41, 5.74) is 0.506. The van der Waals surface area contributed by atoms with Gasteiger partial charge < -0.3 is 9.64 Å². The zero-order valence-corrected chi connectivity index (χ0v) is 11.8. The molecule has 1 aromatic rings. The quantitative estimate of drug-likeness (QED) is 0.710. The first-order valence-corrected chi connectivity index (χ1v) is 6.53. The van der Waals surface area contributed by atoms with Gasteiger partial charge >= 0.3 is 0 Å². The first-order valence-electron chi connectivity index (χ1n) is 6.53. The summed E-state index contributed by atoms with van der Waals surface area (Å²) in [5, 5.41) is 0. The van der Waals surface area contributed by atoms with E-state index in [0.29, 0.717) is 11.3 Å². The first kappa shape index (κ1) is 15.2. The van der Waals surface area contributed by atoms with Gasteiger partial charge in [-0.15, -0.1) is 0 Å². The number of amides is 1. The number of carbonyl (C=O) groups is 2. The predicted octanol–water partition coefficient (Wildman–Crippen LogP) is 2.53. The van der Waals surface area contributed by atoms with Crippen LogP contribution < -0.4 is 4.74 Å². The Bertz CT molecular complexity index is 443. The van der Waals surface area contributed by atoms with Crippen LogP contribution in [-0.4, -0.2) is 36.8 Å². The zero-order chi connectivity index (χ0) is 14.3. The van der Waals surface area contributed by atoms with E-state index in [-0.39, 0.29) is 18.3 Å². The molecule has 104 valence electrons. The summed E-state index contributed by atoms with van der Waals surface area (Å²) in [4.78, 5) is 24.9. The number of para-hydroxylation sites is 1. The van der Waals surface area contributed by atoms with Crippen molar-refractivity contribution in [3.63, 3.8) is 0 Å². The molecule has 0 bridgehead atoms. The molecule has 0 heterocycles. The van der Waals surface area contributed by atoms with Gasteiger partial charge in [-0.3, -0.25) is 9.59 Å². The topological polar surface area (TPSA) is 46.6 Å². The maximum atomic E-state index is 11.8. The summed E-state index contributed by atoms with van der Waals surface area (Å²) in [6, 6.07) is 6.96. The van der Waals surface area contributed by atoms with Crippen LogP contribution in [0.2, 0.25) is 0 Å². The third-order valence-corrected chi connectivity index (χ3v) is 2.89. The maximum Gasteiger partial charge on any atom is 0.260 e. The van der Waals surface area contributed by atoms with Crippen molar-refractivity contribution in [2.45, 2.75) is 26.7 Å². The summed E-state index contributed by atoms with van der Waals surface area (Å²) in [6.07, 6.45) is 2.03. The molecule has 0 aliphatic rings. The van der Waals surface area contributed by atoms with E-state index in [9.17, 15) is 9.59 Å². The highest BCUT2D eigenvalue weighted by molar-refractivity contribution is 5.96. The molecule has 0 fully saturated rings. The van der Waals surface area contributed by atoms with Gasteiger partial charge in [-0.25, -0.2) is 0 Å². The van der Waals surface area contributed by atoms with Crippen molar-refractivity contribution in [2.24, 2.45) is 0 Å². The molecular formula is C15H21NO3. The van der Waals surface area contributed by atoms with Crippen molar-refractivity contribution in [1.82, 2.24) is 4.90 Å². The predicted molar refractivity (Wildman–Crippen MR) is 74.5 cm³/mol. The number of likely N-dealkylation sites (N-methyl/N-ethyl adjacent to an activating group) is 1. The van der Waals surface area contributed by atoms with Crippen molar-refractivity contribution in [3.05, 3.63) is 29.8 Å². The number of ether oxygens (including phenoxy) is 1. The molecule has 1 amide bonds. The third-order valence-electron chi connectivity index (χ3n) is 2.89. The van der Waals surface area contributed by atoms with E-state index in [1.165, 1.54) is 6.92 Å². The Morgan fingerprint density at radius 1 is 1.26 bits per heavy atom. The van der Waals surface area contributed by atoms with Gasteiger partial charge in [-0.2, -0.15) is 0 Å². The SMILES string of the molecule is CCCCN(C)C(=O)COc1ccccc1C(C)=O. The van der Waals surface area contributed by atoms with Crippen LogP contribution in [0.4, 0.5) is 0 Å². The lowest BCUT2D eigenvalue weighted by Gasteiger charge is -2.17. The van der Waals surface area contributed by atoms with Gasteiger partial charge in [0, 0.05) is 13.6 Å². The molecule has 0 saturated heterocycles. The standard InChI is InChI=1S/C15H21NO3/c1-4-5-10-16(3)15(18)11-19-14-9-7-6-8-13(14)12(2)17/h6-9H,4-5,10-11H2,1-3H3. The highest BCUT2D eigenvalue weighted by Gasteiger charge is 2.12. The third kappa shape index (κ3) is 4.73. The lowest BCUT2D eigenvalue weighted by molar-refractivity contribution is -0.132. The molecule has 0 atom stereocenters. The number of carbonyl (C=O) groups excluding carboxylic acids is 2. The molecule has 0 saturated carbocycles. The van der Waals surface area contributed by atoms with E-state index in [0.717, 1.165) is 19.4 Å². The van der Waals surface area contributed by atoms with Crippen molar-refractivity contribution in [3.8, 4) is 5.75 Å². The lowest BCUT2D eigenvalue weighted by atomic mass is 10.1. The highest BCUT2D eigenvalue weighted by Crippen LogP contribution is 2.18. The minimum atomic E-state index is -0.0770.